The van der Waals surface area contributed by atoms with Gasteiger partial charge in [0.2, 0.25) is 11.8 Å². The Hall–Kier alpha value is -3.64. The van der Waals surface area contributed by atoms with E-state index in [2.05, 4.69) is 10.2 Å². The number of aromatic nitrogens is 1. The lowest BCUT2D eigenvalue weighted by molar-refractivity contribution is -0.150. The Morgan fingerprint density at radius 2 is 1.82 bits per heavy atom. The lowest BCUT2D eigenvalue weighted by Crippen LogP contribution is -2.57. The summed E-state index contributed by atoms with van der Waals surface area (Å²) in [5.74, 6) is -0.137. The Bertz CT molecular complexity index is 1490. The molecule has 2 saturated heterocycles. The highest BCUT2D eigenvalue weighted by Crippen LogP contribution is 2.39. The fourth-order valence-electron chi connectivity index (χ4n) is 7.78. The first-order chi connectivity index (χ1) is 23.6. The number of nitrogens with one attached hydrogen (secondary N) is 1. The molecule has 4 aliphatic rings. The van der Waals surface area contributed by atoms with Crippen LogP contribution in [0.3, 0.4) is 0 Å². The first-order valence-corrected chi connectivity index (χ1v) is 18.1. The number of hydrogen-bond donors (Lipinski definition) is 2. The maximum atomic E-state index is 14.1. The molecule has 0 radical (unpaired) electrons. The van der Waals surface area contributed by atoms with Gasteiger partial charge in [-0.1, -0.05) is 45.7 Å². The minimum absolute atomic E-state index is 0.0466. The van der Waals surface area contributed by atoms with Crippen LogP contribution in [0.5, 0.6) is 11.6 Å². The van der Waals surface area contributed by atoms with Crippen LogP contribution in [-0.2, 0) is 25.5 Å². The van der Waals surface area contributed by atoms with Gasteiger partial charge in [0.1, 0.15) is 36.6 Å². The van der Waals surface area contributed by atoms with Gasteiger partial charge >= 0.3 is 12.1 Å². The fourth-order valence-corrected chi connectivity index (χ4v) is 7.78. The van der Waals surface area contributed by atoms with Gasteiger partial charge in [-0.25, -0.2) is 14.6 Å². The third-order valence-electron chi connectivity index (χ3n) is 10.5. The van der Waals surface area contributed by atoms with Gasteiger partial charge in [0, 0.05) is 31.4 Å². The summed E-state index contributed by atoms with van der Waals surface area (Å²) < 4.78 is 24.7. The van der Waals surface area contributed by atoms with Crippen molar-refractivity contribution in [1.29, 1.82) is 0 Å². The number of alkyl carbamates (subject to hydrolysis) is 1. The zero-order valence-corrected chi connectivity index (χ0v) is 29.2. The van der Waals surface area contributed by atoms with Crippen molar-refractivity contribution >= 4 is 28.9 Å². The monoisotopic (exact) mass is 680 g/mol. The number of benzene rings is 1. The number of fused-ring (bicyclic) bond motifs is 5. The quantitative estimate of drug-likeness (QED) is 0.453. The van der Waals surface area contributed by atoms with Crippen LogP contribution in [0, 0.1) is 11.3 Å². The van der Waals surface area contributed by atoms with Crippen molar-refractivity contribution < 1.29 is 38.4 Å². The van der Waals surface area contributed by atoms with E-state index in [4.69, 9.17) is 23.9 Å². The van der Waals surface area contributed by atoms with Crippen molar-refractivity contribution in [3.63, 3.8) is 0 Å². The van der Waals surface area contributed by atoms with Gasteiger partial charge in [0.25, 0.3) is 0 Å². The summed E-state index contributed by atoms with van der Waals surface area (Å²) in [5.41, 5.74) is 0.905. The lowest BCUT2D eigenvalue weighted by Gasteiger charge is -2.35. The average Bonchev–Trinajstić information content (AvgIpc) is 3.70. The zero-order valence-electron chi connectivity index (χ0n) is 29.2. The number of carbonyl (C=O) groups is 3. The summed E-state index contributed by atoms with van der Waals surface area (Å²) in [5, 5.41) is 14.0. The summed E-state index contributed by atoms with van der Waals surface area (Å²) in [6.07, 6.45) is 5.93. The molecule has 6 rings (SSSR count). The molecule has 1 aliphatic carbocycles. The fraction of sp³-hybridized carbons (Fsp3) is 0.676. The van der Waals surface area contributed by atoms with Crippen molar-refractivity contribution in [2.75, 3.05) is 46.0 Å². The second-order valence-electron chi connectivity index (χ2n) is 15.0. The number of rotatable bonds is 5. The van der Waals surface area contributed by atoms with Crippen LogP contribution in [0.2, 0.25) is 0 Å². The highest BCUT2D eigenvalue weighted by molar-refractivity contribution is 5.91. The van der Waals surface area contributed by atoms with Crippen LogP contribution in [0.1, 0.15) is 77.7 Å². The summed E-state index contributed by atoms with van der Waals surface area (Å²) >= 11 is 0. The predicted octanol–water partition coefficient (Wildman–Crippen LogP) is 4.80. The number of carboxylic acids is 1. The lowest BCUT2D eigenvalue weighted by atomic mass is 9.85. The van der Waals surface area contributed by atoms with Gasteiger partial charge in [-0.3, -0.25) is 9.69 Å². The Kier molecular flexibility index (Phi) is 11.1. The van der Waals surface area contributed by atoms with Gasteiger partial charge in [-0.2, -0.15) is 0 Å². The number of nitrogens with zero attached hydrogens (tertiary/aromatic N) is 3. The molecule has 1 saturated carbocycles. The van der Waals surface area contributed by atoms with E-state index in [1.54, 1.807) is 0 Å². The van der Waals surface area contributed by atoms with Crippen molar-refractivity contribution in [1.82, 2.24) is 20.1 Å². The van der Waals surface area contributed by atoms with Gasteiger partial charge in [0.15, 0.2) is 0 Å². The van der Waals surface area contributed by atoms with Gasteiger partial charge in [-0.05, 0) is 62.0 Å². The van der Waals surface area contributed by atoms with E-state index in [9.17, 15) is 19.5 Å². The molecule has 0 unspecified atom stereocenters. The molecule has 2 amide bonds. The number of carbonyl (C=O) groups excluding carboxylic acids is 2. The van der Waals surface area contributed by atoms with E-state index in [-0.39, 0.29) is 25.0 Å². The Labute approximate surface area is 288 Å². The number of amides is 2. The van der Waals surface area contributed by atoms with E-state index < -0.39 is 41.6 Å². The van der Waals surface area contributed by atoms with Crippen molar-refractivity contribution in [2.24, 2.45) is 11.3 Å². The van der Waals surface area contributed by atoms with Gasteiger partial charge in [0.05, 0.1) is 30.8 Å². The predicted molar refractivity (Wildman–Crippen MR) is 183 cm³/mol. The Morgan fingerprint density at radius 1 is 1.04 bits per heavy atom. The average molecular weight is 681 g/mol. The van der Waals surface area contributed by atoms with E-state index in [0.29, 0.717) is 18.9 Å². The Morgan fingerprint density at radius 3 is 2.59 bits per heavy atom. The number of morpholine rings is 1. The number of pyridine rings is 1. The summed E-state index contributed by atoms with van der Waals surface area (Å²) in [6, 6.07) is 5.76. The molecule has 2 N–H and O–H groups in total. The molecular formula is C37H52N4O8. The maximum Gasteiger partial charge on any atom is 0.408 e. The SMILES string of the molecule is CC(C)(C)[C@@H]1NC(=O)O[C@@H]2CCC[C@H]2CCCCCc2c(nc3ccccc3c2OCCN2CCOCC2)O[C@@H]2C[C@@H](C(=O)O)N(C2)C1=O. The largest absolute Gasteiger partial charge is 0.491 e. The van der Waals surface area contributed by atoms with Crippen molar-refractivity contribution in [3.05, 3.63) is 29.8 Å². The standard InChI is InChI=1S/C37H52N4O8/c1-37(2,3)32-34(42)41-23-25(22-29(41)35(43)44)48-33-27(13-6-4-5-10-24-11-9-15-30(24)49-36(45)39-32)31(26-12-7-8-14-28(26)38-33)47-21-18-40-16-19-46-20-17-40/h7-8,12,14,24-25,29-30,32H,4-6,9-11,13,15-23H2,1-3H3,(H,39,45)(H,43,44)/t24-,25-,29+,30-,32-/m1/s1. The number of para-hydroxylation sites is 1. The normalized spacial score (nSPS) is 27.7. The minimum Gasteiger partial charge on any atom is -0.491 e. The van der Waals surface area contributed by atoms with Crippen molar-refractivity contribution in [2.45, 2.75) is 103 Å². The second kappa shape index (κ2) is 15.5. The molecular weight excluding hydrogens is 628 g/mol. The molecule has 268 valence electrons. The van der Waals surface area contributed by atoms with Crippen LogP contribution < -0.4 is 14.8 Å². The molecule has 4 heterocycles. The molecule has 2 bridgehead atoms. The van der Waals surface area contributed by atoms with E-state index in [1.165, 1.54) is 4.90 Å². The zero-order chi connectivity index (χ0) is 34.5. The third kappa shape index (κ3) is 8.40. The topological polar surface area (TPSA) is 140 Å². The molecule has 3 aliphatic heterocycles. The Balaban J connectivity index is 1.34. The molecule has 0 spiro atoms. The minimum atomic E-state index is -1.12. The molecule has 12 nitrogen and oxygen atoms in total. The van der Waals surface area contributed by atoms with E-state index >= 15 is 0 Å². The first kappa shape index (κ1) is 35.2. The number of hydrogen-bond acceptors (Lipinski definition) is 9. The van der Waals surface area contributed by atoms with Crippen LogP contribution in [0.15, 0.2) is 24.3 Å². The molecule has 3 fully saturated rings. The first-order valence-electron chi connectivity index (χ1n) is 18.1. The molecule has 2 aromatic rings. The second-order valence-corrected chi connectivity index (χ2v) is 15.0. The number of carboxylic acid groups (broad SMARTS) is 1. The summed E-state index contributed by atoms with van der Waals surface area (Å²) in [4.78, 5) is 48.6. The van der Waals surface area contributed by atoms with E-state index in [0.717, 1.165) is 100 Å². The summed E-state index contributed by atoms with van der Waals surface area (Å²) in [6.45, 7) is 10.1. The summed E-state index contributed by atoms with van der Waals surface area (Å²) in [7, 11) is 0. The van der Waals surface area contributed by atoms with Crippen LogP contribution in [-0.4, -0.2) is 108 Å². The molecule has 49 heavy (non-hydrogen) atoms. The highest BCUT2D eigenvalue weighted by Gasteiger charge is 2.46. The van der Waals surface area contributed by atoms with Gasteiger partial charge < -0.3 is 34.3 Å². The number of aliphatic carboxylic acids is 1. The molecule has 1 aromatic carbocycles. The maximum absolute atomic E-state index is 14.1. The van der Waals surface area contributed by atoms with Gasteiger partial charge in [-0.15, -0.1) is 0 Å². The highest BCUT2D eigenvalue weighted by atomic mass is 16.6. The third-order valence-corrected chi connectivity index (χ3v) is 10.5. The molecule has 12 heteroatoms. The number of ether oxygens (including phenoxy) is 4. The molecule has 1 aromatic heterocycles. The van der Waals surface area contributed by atoms with E-state index in [1.807, 2.05) is 45.0 Å². The molecule has 5 atom stereocenters. The van der Waals surface area contributed by atoms with Crippen LogP contribution in [0.4, 0.5) is 4.79 Å². The van der Waals surface area contributed by atoms with Crippen LogP contribution in [0.25, 0.3) is 10.9 Å². The van der Waals surface area contributed by atoms with Crippen LogP contribution >= 0.6 is 0 Å². The smallest absolute Gasteiger partial charge is 0.408 e. The van der Waals surface area contributed by atoms with Crippen molar-refractivity contribution in [3.8, 4) is 11.6 Å².